The molecule has 0 aliphatic carbocycles. The first-order valence-corrected chi connectivity index (χ1v) is 7.50. The highest BCUT2D eigenvalue weighted by Crippen LogP contribution is 2.24. The molecule has 122 valence electrons. The maximum absolute atomic E-state index is 12.2. The maximum atomic E-state index is 12.2. The Morgan fingerprint density at radius 1 is 1.22 bits per heavy atom. The number of ether oxygens (including phenoxy) is 1. The quantitative estimate of drug-likeness (QED) is 0.859. The Balaban J connectivity index is 2.24. The predicted octanol–water partition coefficient (Wildman–Crippen LogP) is 2.62. The minimum absolute atomic E-state index is 0.126. The number of hydrogen-bond donors (Lipinski definition) is 2. The molecule has 0 radical (unpaired) electrons. The lowest BCUT2D eigenvalue weighted by atomic mass is 10.0. The molecule has 23 heavy (non-hydrogen) atoms. The van der Waals surface area contributed by atoms with Crippen molar-refractivity contribution in [3.05, 3.63) is 42.0 Å². The van der Waals surface area contributed by atoms with Crippen LogP contribution in [0.1, 0.15) is 19.4 Å². The van der Waals surface area contributed by atoms with E-state index in [1.54, 1.807) is 21.0 Å². The van der Waals surface area contributed by atoms with Gasteiger partial charge in [-0.2, -0.15) is 0 Å². The Labute approximate surface area is 135 Å². The lowest BCUT2D eigenvalue weighted by Crippen LogP contribution is -2.44. The third-order valence-corrected chi connectivity index (χ3v) is 3.78. The van der Waals surface area contributed by atoms with Gasteiger partial charge in [-0.25, -0.2) is 4.79 Å². The fraction of sp³-hybridized carbons (Fsp3) is 0.333. The summed E-state index contributed by atoms with van der Waals surface area (Å²) in [5, 5.41) is 13.7. The van der Waals surface area contributed by atoms with Gasteiger partial charge < -0.3 is 15.2 Å². The van der Waals surface area contributed by atoms with Gasteiger partial charge in [-0.1, -0.05) is 38.1 Å². The van der Waals surface area contributed by atoms with E-state index in [1.807, 2.05) is 36.4 Å². The molecule has 1 amide bonds. The van der Waals surface area contributed by atoms with Gasteiger partial charge in [0, 0.05) is 0 Å². The summed E-state index contributed by atoms with van der Waals surface area (Å²) in [5.41, 5.74) is 0.840. The monoisotopic (exact) mass is 315 g/mol. The van der Waals surface area contributed by atoms with Gasteiger partial charge in [-0.05, 0) is 34.4 Å². The van der Waals surface area contributed by atoms with E-state index in [0.29, 0.717) is 0 Å². The average molecular weight is 315 g/mol. The van der Waals surface area contributed by atoms with Crippen molar-refractivity contribution in [3.8, 4) is 5.75 Å². The molecule has 0 heterocycles. The molecule has 2 N–H and O–H groups in total. The number of benzene rings is 2. The molecule has 0 aliphatic rings. The molecule has 2 rings (SSSR count). The zero-order valence-corrected chi connectivity index (χ0v) is 13.5. The number of carbonyl (C=O) groups is 2. The molecule has 5 heteroatoms. The molecule has 0 spiro atoms. The highest BCUT2D eigenvalue weighted by molar-refractivity contribution is 5.92. The first-order chi connectivity index (χ1) is 10.9. The molecular weight excluding hydrogens is 294 g/mol. The van der Waals surface area contributed by atoms with E-state index < -0.39 is 12.0 Å². The second-order valence-corrected chi connectivity index (χ2v) is 5.81. The van der Waals surface area contributed by atoms with Crippen LogP contribution in [0, 0.1) is 5.92 Å². The second kappa shape index (κ2) is 7.13. The number of carboxylic acids is 1. The largest absolute Gasteiger partial charge is 0.497 e. The van der Waals surface area contributed by atoms with Crippen molar-refractivity contribution in [3.63, 3.8) is 0 Å². The third-order valence-electron chi connectivity index (χ3n) is 3.78. The normalized spacial score (nSPS) is 12.2. The molecule has 0 unspecified atom stereocenters. The lowest BCUT2D eigenvalue weighted by Gasteiger charge is -2.18. The molecule has 0 saturated carbocycles. The summed E-state index contributed by atoms with van der Waals surface area (Å²) in [7, 11) is 1.59. The first kappa shape index (κ1) is 16.8. The van der Waals surface area contributed by atoms with Gasteiger partial charge in [0.2, 0.25) is 5.91 Å². The van der Waals surface area contributed by atoms with Gasteiger partial charge in [0.1, 0.15) is 11.8 Å². The zero-order chi connectivity index (χ0) is 17.0. The SMILES string of the molecule is COc1ccc2cccc(CC(=O)N[C@@H](C(=O)O)C(C)C)c2c1. The maximum Gasteiger partial charge on any atom is 0.326 e. The number of fused-ring (bicyclic) bond motifs is 1. The number of methoxy groups -OCH3 is 1. The fourth-order valence-corrected chi connectivity index (χ4v) is 2.51. The van der Waals surface area contributed by atoms with Crippen LogP contribution in [0.15, 0.2) is 36.4 Å². The van der Waals surface area contributed by atoms with Crippen LogP contribution in [0.25, 0.3) is 10.8 Å². The van der Waals surface area contributed by atoms with E-state index in [4.69, 9.17) is 9.84 Å². The Kier molecular flexibility index (Phi) is 5.21. The van der Waals surface area contributed by atoms with E-state index in [1.165, 1.54) is 0 Å². The molecule has 0 saturated heterocycles. The van der Waals surface area contributed by atoms with E-state index in [9.17, 15) is 9.59 Å². The van der Waals surface area contributed by atoms with Gasteiger partial charge in [0.15, 0.2) is 0 Å². The Morgan fingerprint density at radius 3 is 2.57 bits per heavy atom. The summed E-state index contributed by atoms with van der Waals surface area (Å²) in [6.45, 7) is 3.53. The topological polar surface area (TPSA) is 75.6 Å². The van der Waals surface area contributed by atoms with Crippen LogP contribution in [0.5, 0.6) is 5.75 Å². The summed E-state index contributed by atoms with van der Waals surface area (Å²) >= 11 is 0. The van der Waals surface area contributed by atoms with Crippen molar-refractivity contribution < 1.29 is 19.4 Å². The van der Waals surface area contributed by atoms with Crippen LogP contribution in [0.3, 0.4) is 0 Å². The van der Waals surface area contributed by atoms with Crippen molar-refractivity contribution in [1.29, 1.82) is 0 Å². The van der Waals surface area contributed by atoms with Crippen LogP contribution in [-0.2, 0) is 16.0 Å². The van der Waals surface area contributed by atoms with Gasteiger partial charge in [0.05, 0.1) is 13.5 Å². The van der Waals surface area contributed by atoms with Crippen LogP contribution in [0.2, 0.25) is 0 Å². The summed E-state index contributed by atoms with van der Waals surface area (Å²) in [5.74, 6) is -0.783. The first-order valence-electron chi connectivity index (χ1n) is 7.50. The molecular formula is C18H21NO4. The van der Waals surface area contributed by atoms with Crippen molar-refractivity contribution in [1.82, 2.24) is 5.32 Å². The van der Waals surface area contributed by atoms with Gasteiger partial charge in [-0.15, -0.1) is 0 Å². The summed E-state index contributed by atoms with van der Waals surface area (Å²) < 4.78 is 5.23. The number of aliphatic carboxylic acids is 1. The number of carbonyl (C=O) groups excluding carboxylic acids is 1. The van der Waals surface area contributed by atoms with Gasteiger partial charge >= 0.3 is 5.97 Å². The third kappa shape index (κ3) is 4.00. The van der Waals surface area contributed by atoms with E-state index >= 15 is 0 Å². The highest BCUT2D eigenvalue weighted by Gasteiger charge is 2.23. The molecule has 5 nitrogen and oxygen atoms in total. The number of amides is 1. The lowest BCUT2D eigenvalue weighted by molar-refractivity contribution is -0.143. The van der Waals surface area contributed by atoms with Crippen LogP contribution >= 0.6 is 0 Å². The molecule has 0 fully saturated rings. The van der Waals surface area contributed by atoms with Crippen molar-refractivity contribution >= 4 is 22.6 Å². The standard InChI is InChI=1S/C18H21NO4/c1-11(2)17(18(21)22)19-16(20)9-13-6-4-5-12-7-8-14(23-3)10-15(12)13/h4-8,10-11,17H,9H2,1-3H3,(H,19,20)(H,21,22)/t17-/m1/s1. The Hall–Kier alpha value is -2.56. The van der Waals surface area contributed by atoms with Crippen molar-refractivity contribution in [2.75, 3.05) is 7.11 Å². The average Bonchev–Trinajstić information content (AvgIpc) is 2.52. The number of nitrogens with one attached hydrogen (secondary N) is 1. The molecule has 1 atom stereocenters. The molecule has 0 aromatic heterocycles. The zero-order valence-electron chi connectivity index (χ0n) is 13.5. The molecule has 2 aromatic carbocycles. The predicted molar refractivity (Wildman–Crippen MR) is 88.6 cm³/mol. The van der Waals surface area contributed by atoms with Crippen LogP contribution in [0.4, 0.5) is 0 Å². The minimum Gasteiger partial charge on any atom is -0.497 e. The summed E-state index contributed by atoms with van der Waals surface area (Å²) in [6, 6.07) is 10.5. The smallest absolute Gasteiger partial charge is 0.326 e. The fourth-order valence-electron chi connectivity index (χ4n) is 2.51. The van der Waals surface area contributed by atoms with Gasteiger partial charge in [-0.3, -0.25) is 4.79 Å². The van der Waals surface area contributed by atoms with Crippen molar-refractivity contribution in [2.45, 2.75) is 26.3 Å². The van der Waals surface area contributed by atoms with E-state index in [0.717, 1.165) is 22.1 Å². The van der Waals surface area contributed by atoms with E-state index in [2.05, 4.69) is 5.32 Å². The minimum atomic E-state index is -1.02. The highest BCUT2D eigenvalue weighted by atomic mass is 16.5. The Bertz CT molecular complexity index is 724. The number of rotatable bonds is 6. The molecule has 0 bridgehead atoms. The number of hydrogen-bond acceptors (Lipinski definition) is 3. The van der Waals surface area contributed by atoms with Crippen LogP contribution < -0.4 is 10.1 Å². The molecule has 0 aliphatic heterocycles. The summed E-state index contributed by atoms with van der Waals surface area (Å²) in [4.78, 5) is 23.4. The van der Waals surface area contributed by atoms with Crippen LogP contribution in [-0.4, -0.2) is 30.1 Å². The van der Waals surface area contributed by atoms with E-state index in [-0.39, 0.29) is 18.2 Å². The van der Waals surface area contributed by atoms with Crippen molar-refractivity contribution in [2.24, 2.45) is 5.92 Å². The summed E-state index contributed by atoms with van der Waals surface area (Å²) in [6.07, 6.45) is 0.126. The Morgan fingerprint density at radius 2 is 1.96 bits per heavy atom. The second-order valence-electron chi connectivity index (χ2n) is 5.81. The molecule has 2 aromatic rings. The number of carboxylic acid groups (broad SMARTS) is 1. The van der Waals surface area contributed by atoms with Gasteiger partial charge in [0.25, 0.3) is 0 Å².